The molecule has 5 rings (SSSR count). The highest BCUT2D eigenvalue weighted by Crippen LogP contribution is 2.68. The van der Waals surface area contributed by atoms with E-state index in [9.17, 15) is 14.7 Å². The summed E-state index contributed by atoms with van der Waals surface area (Å²) in [6, 6.07) is 6.63. The lowest BCUT2D eigenvalue weighted by molar-refractivity contribution is -0.130. The molecule has 0 radical (unpaired) electrons. The van der Waals surface area contributed by atoms with E-state index in [1.54, 1.807) is 25.4 Å². The van der Waals surface area contributed by atoms with Crippen molar-refractivity contribution in [1.82, 2.24) is 14.7 Å². The zero-order valence-corrected chi connectivity index (χ0v) is 23.1. The first-order chi connectivity index (χ1) is 17.6. The van der Waals surface area contributed by atoms with Gasteiger partial charge in [0.2, 0.25) is 12.3 Å². The van der Waals surface area contributed by atoms with Gasteiger partial charge in [0.05, 0.1) is 0 Å². The molecular weight excluding hydrogens is 462 g/mol. The van der Waals surface area contributed by atoms with Crippen molar-refractivity contribution in [3.8, 4) is 5.75 Å². The average molecular weight is 506 g/mol. The van der Waals surface area contributed by atoms with Crippen LogP contribution in [0.3, 0.4) is 0 Å². The zero-order chi connectivity index (χ0) is 26.5. The van der Waals surface area contributed by atoms with Gasteiger partial charge in [-0.25, -0.2) is 0 Å². The van der Waals surface area contributed by atoms with Gasteiger partial charge in [0.15, 0.2) is 0 Å². The van der Waals surface area contributed by atoms with Gasteiger partial charge in [-0.3, -0.25) is 14.5 Å². The molecule has 2 amide bonds. The molecule has 6 nitrogen and oxygen atoms in total. The van der Waals surface area contributed by atoms with E-state index in [1.165, 1.54) is 35.4 Å². The molecule has 4 aliphatic rings. The minimum Gasteiger partial charge on any atom is -0.508 e. The number of carbonyl (C=O) groups excluding carboxylic acids is 2. The number of hydrogen-bond donors (Lipinski definition) is 1. The average Bonchev–Trinajstić information content (AvgIpc) is 3.64. The molecule has 3 fully saturated rings. The minimum absolute atomic E-state index is 0.0190. The zero-order valence-electron chi connectivity index (χ0n) is 23.1. The fraction of sp³-hybridized carbons (Fsp3) is 0.613. The smallest absolute Gasteiger partial charge is 0.249 e. The van der Waals surface area contributed by atoms with E-state index < -0.39 is 0 Å². The lowest BCUT2D eigenvalue weighted by Gasteiger charge is -2.63. The summed E-state index contributed by atoms with van der Waals surface area (Å²) in [7, 11) is 3.60. The standard InChI is InChI=1S/C31H43N3O3/c1-21(7-6-15-32(4)20-35)29(37)33(5)22(2)26-12-13-30(3)28-17-24-10-11-25(36)18-27(24)31(26,30)14-16-34(28)19-23-8-9-23/h6-7,10-11,15,18,20,22-23,26,28,36H,8-9,12-14,16-17,19H2,1-5H3/b15-6-,21-7+. The Kier molecular flexibility index (Phi) is 6.76. The van der Waals surface area contributed by atoms with Gasteiger partial charge in [0, 0.05) is 49.9 Å². The SMILES string of the molecule is C/C(=C\C=C/N(C)C=O)C(=O)N(C)C(C)C1CCC2(C)C3Cc4ccc(O)cc4C12CCN3CC1CC1. The summed E-state index contributed by atoms with van der Waals surface area (Å²) >= 11 is 0. The second-order valence-corrected chi connectivity index (χ2v) is 12.4. The fourth-order valence-electron chi connectivity index (χ4n) is 8.19. The summed E-state index contributed by atoms with van der Waals surface area (Å²) in [5.41, 5.74) is 3.44. The number of likely N-dealkylation sites (tertiary alicyclic amines) is 1. The highest BCUT2D eigenvalue weighted by Gasteiger charge is 2.67. The van der Waals surface area contributed by atoms with Crippen molar-refractivity contribution < 1.29 is 14.7 Å². The number of piperidine rings is 1. The van der Waals surface area contributed by atoms with Gasteiger partial charge in [0.1, 0.15) is 5.75 Å². The van der Waals surface area contributed by atoms with Crippen LogP contribution in [0.1, 0.15) is 64.0 Å². The Morgan fingerprint density at radius 3 is 2.70 bits per heavy atom. The highest BCUT2D eigenvalue weighted by atomic mass is 16.3. The van der Waals surface area contributed by atoms with Crippen molar-refractivity contribution in [2.75, 3.05) is 27.2 Å². The monoisotopic (exact) mass is 505 g/mol. The molecule has 6 heteroatoms. The van der Waals surface area contributed by atoms with Crippen molar-refractivity contribution in [1.29, 1.82) is 0 Å². The molecule has 200 valence electrons. The normalized spacial score (nSPS) is 32.1. The van der Waals surface area contributed by atoms with Gasteiger partial charge >= 0.3 is 0 Å². The molecule has 5 atom stereocenters. The van der Waals surface area contributed by atoms with Crippen LogP contribution in [0.4, 0.5) is 0 Å². The van der Waals surface area contributed by atoms with Crippen LogP contribution < -0.4 is 0 Å². The molecule has 3 aliphatic carbocycles. The number of fused-ring (bicyclic) bond motifs is 1. The Morgan fingerprint density at radius 1 is 1.24 bits per heavy atom. The highest BCUT2D eigenvalue weighted by molar-refractivity contribution is 5.93. The third kappa shape index (κ3) is 4.21. The van der Waals surface area contributed by atoms with E-state index in [1.807, 2.05) is 31.0 Å². The van der Waals surface area contributed by atoms with Crippen LogP contribution in [0.25, 0.3) is 0 Å². The van der Waals surface area contributed by atoms with E-state index in [0.717, 1.165) is 44.6 Å². The Hall–Kier alpha value is -2.60. The second-order valence-electron chi connectivity index (χ2n) is 12.4. The number of likely N-dealkylation sites (N-methyl/N-ethyl adjacent to an activating group) is 1. The molecule has 1 heterocycles. The minimum atomic E-state index is -0.0534. The first-order valence-electron chi connectivity index (χ1n) is 14.0. The Morgan fingerprint density at radius 2 is 2.00 bits per heavy atom. The summed E-state index contributed by atoms with van der Waals surface area (Å²) in [5, 5.41) is 10.6. The molecule has 1 saturated heterocycles. The number of phenols is 1. The number of phenolic OH excluding ortho intramolecular Hbond substituents is 1. The van der Waals surface area contributed by atoms with Crippen LogP contribution in [-0.2, 0) is 21.4 Å². The van der Waals surface area contributed by atoms with Crippen LogP contribution in [0.2, 0.25) is 0 Å². The van der Waals surface area contributed by atoms with Crippen LogP contribution in [0, 0.1) is 17.3 Å². The third-order valence-corrected chi connectivity index (χ3v) is 10.5. The predicted molar refractivity (Wildman–Crippen MR) is 146 cm³/mol. The van der Waals surface area contributed by atoms with Crippen LogP contribution >= 0.6 is 0 Å². The number of carbonyl (C=O) groups is 2. The molecule has 37 heavy (non-hydrogen) atoms. The lowest BCUT2D eigenvalue weighted by Crippen LogP contribution is -2.67. The van der Waals surface area contributed by atoms with E-state index >= 15 is 0 Å². The van der Waals surface area contributed by atoms with Crippen LogP contribution in [0.15, 0.2) is 42.1 Å². The lowest BCUT2D eigenvalue weighted by atomic mass is 9.48. The maximum Gasteiger partial charge on any atom is 0.249 e. The van der Waals surface area contributed by atoms with E-state index in [-0.39, 0.29) is 22.8 Å². The maximum atomic E-state index is 13.5. The predicted octanol–water partition coefficient (Wildman–Crippen LogP) is 4.48. The summed E-state index contributed by atoms with van der Waals surface area (Å²) in [5.74, 6) is 1.56. The van der Waals surface area contributed by atoms with E-state index in [2.05, 4.69) is 24.8 Å². The molecule has 1 N–H and O–H groups in total. The molecule has 0 spiro atoms. The first-order valence-corrected chi connectivity index (χ1v) is 14.0. The summed E-state index contributed by atoms with van der Waals surface area (Å²) in [4.78, 5) is 30.4. The number of amides is 2. The van der Waals surface area contributed by atoms with Gasteiger partial charge in [-0.15, -0.1) is 0 Å². The molecule has 1 aromatic rings. The maximum absolute atomic E-state index is 13.5. The van der Waals surface area contributed by atoms with E-state index in [4.69, 9.17) is 0 Å². The topological polar surface area (TPSA) is 64.1 Å². The third-order valence-electron chi connectivity index (χ3n) is 10.5. The largest absolute Gasteiger partial charge is 0.508 e. The van der Waals surface area contributed by atoms with Gasteiger partial charge in [-0.05, 0) is 106 Å². The van der Waals surface area contributed by atoms with Crippen LogP contribution in [-0.4, -0.2) is 71.4 Å². The molecule has 2 saturated carbocycles. The van der Waals surface area contributed by atoms with E-state index in [0.29, 0.717) is 23.3 Å². The van der Waals surface area contributed by atoms with Gasteiger partial charge < -0.3 is 14.9 Å². The quantitative estimate of drug-likeness (QED) is 0.321. The summed E-state index contributed by atoms with van der Waals surface area (Å²) < 4.78 is 0. The number of benzene rings is 1. The molecule has 0 aromatic heterocycles. The summed E-state index contributed by atoms with van der Waals surface area (Å²) in [6.07, 6.45) is 13.0. The molecular formula is C31H43N3O3. The van der Waals surface area contributed by atoms with Crippen LogP contribution in [0.5, 0.6) is 5.75 Å². The fourth-order valence-corrected chi connectivity index (χ4v) is 8.19. The number of aromatic hydroxyl groups is 1. The van der Waals surface area contributed by atoms with Crippen molar-refractivity contribution in [3.63, 3.8) is 0 Å². The molecule has 2 bridgehead atoms. The van der Waals surface area contributed by atoms with Gasteiger partial charge in [0.25, 0.3) is 0 Å². The molecule has 1 aliphatic heterocycles. The first kappa shape index (κ1) is 26.0. The van der Waals surface area contributed by atoms with Gasteiger partial charge in [-0.2, -0.15) is 0 Å². The van der Waals surface area contributed by atoms with Gasteiger partial charge in [-0.1, -0.05) is 19.1 Å². The Balaban J connectivity index is 1.48. The second kappa shape index (κ2) is 9.61. The number of allylic oxidation sites excluding steroid dienone is 2. The van der Waals surface area contributed by atoms with Crippen molar-refractivity contribution in [2.45, 2.75) is 76.8 Å². The number of nitrogens with zero attached hydrogens (tertiary/aromatic N) is 3. The van der Waals surface area contributed by atoms with Crippen molar-refractivity contribution >= 4 is 12.3 Å². The van der Waals surface area contributed by atoms with Crippen molar-refractivity contribution in [2.24, 2.45) is 17.3 Å². The Labute approximate surface area is 222 Å². The number of hydrogen-bond acceptors (Lipinski definition) is 4. The molecule has 5 unspecified atom stereocenters. The molecule has 1 aromatic carbocycles. The van der Waals surface area contributed by atoms with Crippen molar-refractivity contribution in [3.05, 3.63) is 53.3 Å². The Bertz CT molecular complexity index is 1120. The number of rotatable bonds is 8. The summed E-state index contributed by atoms with van der Waals surface area (Å²) in [6.45, 7) is 8.89.